The average Bonchev–Trinajstić information content (AvgIpc) is 2.68. The van der Waals surface area contributed by atoms with Crippen LogP contribution < -0.4 is 9.91 Å². The summed E-state index contributed by atoms with van der Waals surface area (Å²) in [6.45, 7) is 12.0. The fourth-order valence-electron chi connectivity index (χ4n) is 2.37. The van der Waals surface area contributed by atoms with Crippen LogP contribution in [-0.2, 0) is 20.8 Å². The van der Waals surface area contributed by atoms with E-state index in [9.17, 15) is 0 Å². The Morgan fingerprint density at radius 1 is 0.875 bits per heavy atom. The summed E-state index contributed by atoms with van der Waals surface area (Å²) >= 11 is -2.90. The number of hydrogen-bond donors (Lipinski definition) is 3. The van der Waals surface area contributed by atoms with E-state index >= 15 is 0 Å². The summed E-state index contributed by atoms with van der Waals surface area (Å²) in [5.41, 5.74) is 0. The molecule has 0 radical (unpaired) electrons. The Labute approximate surface area is 105 Å². The predicted molar refractivity (Wildman–Crippen MR) is 67.7 cm³/mol. The molecule has 0 aromatic carbocycles. The zero-order valence-electron chi connectivity index (χ0n) is 10.9. The third-order valence-electron chi connectivity index (χ3n) is 3.13. The second kappa shape index (κ2) is 6.24. The van der Waals surface area contributed by atoms with Gasteiger partial charge in [-0.2, -0.15) is 0 Å². The Hall–Kier alpha value is 0.230. The van der Waals surface area contributed by atoms with E-state index < -0.39 is 20.8 Å². The van der Waals surface area contributed by atoms with Crippen LogP contribution in [0.15, 0.2) is 24.3 Å². The standard InChI is InChI=1S/C6H7.3C2H6N.Hf/c1-6-4-2-3-5-6;3*1-2-3;/h2-5H,1H3;3*3H,2H2,1H3;/q;3*-1;+3. The number of hydrogen-bond acceptors (Lipinski definition) is 3. The summed E-state index contributed by atoms with van der Waals surface area (Å²) in [4.78, 5) is 0. The van der Waals surface area contributed by atoms with Crippen molar-refractivity contribution in [2.45, 2.75) is 30.9 Å². The SMILES string of the molecule is CC[NH][Hf]([NH]CC)([NH]CC)[C]1(C)C=CC=C1. The number of rotatable bonds is 7. The molecule has 92 valence electrons. The molecule has 3 nitrogen and oxygen atoms in total. The first-order valence-corrected chi connectivity index (χ1v) is 13.4. The third-order valence-corrected chi connectivity index (χ3v) is 19.7. The van der Waals surface area contributed by atoms with E-state index in [1.54, 1.807) is 0 Å². The summed E-state index contributed by atoms with van der Waals surface area (Å²) in [5.74, 6) is 0. The molecule has 0 unspecified atom stereocenters. The van der Waals surface area contributed by atoms with Crippen LogP contribution in [0.2, 0.25) is 3.17 Å². The number of allylic oxidation sites excluding steroid dienone is 4. The van der Waals surface area contributed by atoms with Crippen molar-refractivity contribution in [3.8, 4) is 0 Å². The molecule has 0 atom stereocenters. The van der Waals surface area contributed by atoms with Crippen molar-refractivity contribution >= 4 is 0 Å². The molecule has 1 aliphatic rings. The van der Waals surface area contributed by atoms with Crippen LogP contribution in [0.3, 0.4) is 0 Å². The molecule has 0 amide bonds. The first-order chi connectivity index (χ1) is 7.64. The van der Waals surface area contributed by atoms with Gasteiger partial charge in [-0.1, -0.05) is 0 Å². The molecule has 0 saturated carbocycles. The maximum atomic E-state index is 3.78. The van der Waals surface area contributed by atoms with Crippen molar-refractivity contribution in [1.29, 1.82) is 0 Å². The average molecular weight is 390 g/mol. The van der Waals surface area contributed by atoms with Crippen molar-refractivity contribution in [3.63, 3.8) is 0 Å². The molecule has 4 heteroatoms. The van der Waals surface area contributed by atoms with Gasteiger partial charge in [0.05, 0.1) is 0 Å². The summed E-state index contributed by atoms with van der Waals surface area (Å²) in [6, 6.07) is 0. The fourth-order valence-corrected chi connectivity index (χ4v) is 16.0. The van der Waals surface area contributed by atoms with Crippen LogP contribution in [0, 0.1) is 0 Å². The molecule has 0 saturated heterocycles. The minimum atomic E-state index is -2.90. The molecule has 0 aromatic rings. The zero-order chi connectivity index (χ0) is 12.1. The number of nitrogens with one attached hydrogen (secondary N) is 3. The molecule has 16 heavy (non-hydrogen) atoms. The maximum absolute atomic E-state index is 3.78. The molecule has 0 bridgehead atoms. The van der Waals surface area contributed by atoms with Gasteiger partial charge in [-0.15, -0.1) is 0 Å². The van der Waals surface area contributed by atoms with Gasteiger partial charge in [0.2, 0.25) is 0 Å². The normalized spacial score (nSPS) is 18.2. The van der Waals surface area contributed by atoms with E-state index in [4.69, 9.17) is 0 Å². The van der Waals surface area contributed by atoms with Gasteiger partial charge in [0, 0.05) is 0 Å². The van der Waals surface area contributed by atoms with Gasteiger partial charge in [0.25, 0.3) is 0 Å². The summed E-state index contributed by atoms with van der Waals surface area (Å²) < 4.78 is 11.5. The molecule has 1 aliphatic carbocycles. The second-order valence-corrected chi connectivity index (χ2v) is 17.4. The van der Waals surface area contributed by atoms with Gasteiger partial charge < -0.3 is 0 Å². The van der Waals surface area contributed by atoms with Crippen molar-refractivity contribution in [2.75, 3.05) is 19.6 Å². The summed E-state index contributed by atoms with van der Waals surface area (Å²) in [6.07, 6.45) is 9.01. The van der Waals surface area contributed by atoms with Crippen molar-refractivity contribution in [1.82, 2.24) is 9.91 Å². The molecule has 0 aromatic heterocycles. The van der Waals surface area contributed by atoms with Crippen LogP contribution >= 0.6 is 0 Å². The Bertz CT molecular complexity index is 244. The molecular weight excluding hydrogens is 365 g/mol. The quantitative estimate of drug-likeness (QED) is 0.583. The van der Waals surface area contributed by atoms with Crippen LogP contribution in [0.4, 0.5) is 0 Å². The van der Waals surface area contributed by atoms with Crippen LogP contribution in [-0.4, -0.2) is 19.6 Å². The predicted octanol–water partition coefficient (Wildman–Crippen LogP) is 2.02. The van der Waals surface area contributed by atoms with Crippen LogP contribution in [0.5, 0.6) is 0 Å². The topological polar surface area (TPSA) is 36.1 Å². The Morgan fingerprint density at radius 3 is 1.56 bits per heavy atom. The molecule has 0 heterocycles. The van der Waals surface area contributed by atoms with E-state index in [2.05, 4.69) is 61.9 Å². The van der Waals surface area contributed by atoms with Crippen LogP contribution in [0.1, 0.15) is 27.7 Å². The monoisotopic (exact) mass is 391 g/mol. The van der Waals surface area contributed by atoms with Gasteiger partial charge in [-0.05, 0) is 0 Å². The molecular formula is C12H25HfN3. The Kier molecular flexibility index (Phi) is 5.57. The van der Waals surface area contributed by atoms with Crippen molar-refractivity contribution < 1.29 is 20.8 Å². The molecule has 0 fully saturated rings. The fraction of sp³-hybridized carbons (Fsp3) is 0.667. The Morgan fingerprint density at radius 2 is 1.25 bits per heavy atom. The van der Waals surface area contributed by atoms with Gasteiger partial charge in [-0.3, -0.25) is 0 Å². The van der Waals surface area contributed by atoms with Crippen molar-refractivity contribution in [3.05, 3.63) is 24.3 Å². The van der Waals surface area contributed by atoms with Gasteiger partial charge in [0.15, 0.2) is 0 Å². The third kappa shape index (κ3) is 2.73. The van der Waals surface area contributed by atoms with Gasteiger partial charge in [0.1, 0.15) is 0 Å². The van der Waals surface area contributed by atoms with E-state index in [-0.39, 0.29) is 3.17 Å². The Balaban J connectivity index is 2.98. The van der Waals surface area contributed by atoms with Crippen molar-refractivity contribution in [2.24, 2.45) is 0 Å². The second-order valence-electron chi connectivity index (χ2n) is 4.34. The molecule has 0 spiro atoms. The molecule has 1 rings (SSSR count). The van der Waals surface area contributed by atoms with E-state index in [1.165, 1.54) is 0 Å². The van der Waals surface area contributed by atoms with Gasteiger partial charge >= 0.3 is 106 Å². The van der Waals surface area contributed by atoms with Gasteiger partial charge in [-0.25, -0.2) is 0 Å². The van der Waals surface area contributed by atoms with E-state index in [0.717, 1.165) is 19.6 Å². The zero-order valence-corrected chi connectivity index (χ0v) is 14.5. The first kappa shape index (κ1) is 14.3. The van der Waals surface area contributed by atoms with E-state index in [0.29, 0.717) is 0 Å². The molecule has 3 N–H and O–H groups in total. The summed E-state index contributed by atoms with van der Waals surface area (Å²) in [7, 11) is 0. The summed E-state index contributed by atoms with van der Waals surface area (Å²) in [5, 5.41) is 0. The minimum absolute atomic E-state index is 0.190. The van der Waals surface area contributed by atoms with Crippen LogP contribution in [0.25, 0.3) is 0 Å². The molecule has 0 aliphatic heterocycles. The first-order valence-electron chi connectivity index (χ1n) is 6.26. The van der Waals surface area contributed by atoms with E-state index in [1.807, 2.05) is 0 Å².